The molecule has 100 valence electrons. The van der Waals surface area contributed by atoms with Crippen molar-refractivity contribution in [1.82, 2.24) is 0 Å². The minimum atomic E-state index is -4.52. The molecule has 0 aliphatic rings. The Hall–Kier alpha value is -1.83. The van der Waals surface area contributed by atoms with E-state index in [1.54, 1.807) is 0 Å². The minimum absolute atomic E-state index is 0.0616. The number of hydrogen-bond donors (Lipinski definition) is 1. The van der Waals surface area contributed by atoms with E-state index in [0.29, 0.717) is 0 Å². The normalized spacial score (nSPS) is 13.2. The van der Waals surface area contributed by atoms with Crippen LogP contribution in [0, 0.1) is 10.1 Å². The minimum Gasteiger partial charge on any atom is -0.484 e. The first kappa shape index (κ1) is 14.2. The molecule has 1 aromatic carbocycles. The van der Waals surface area contributed by atoms with Crippen LogP contribution in [0.25, 0.3) is 0 Å². The van der Waals surface area contributed by atoms with Gasteiger partial charge in [0.2, 0.25) is 0 Å². The maximum absolute atomic E-state index is 12.0. The lowest BCUT2D eigenvalue weighted by atomic mass is 10.1. The second-order valence-electron chi connectivity index (χ2n) is 3.56. The van der Waals surface area contributed by atoms with Crippen molar-refractivity contribution in [3.05, 3.63) is 33.9 Å². The van der Waals surface area contributed by atoms with Gasteiger partial charge in [0.1, 0.15) is 5.75 Å². The van der Waals surface area contributed by atoms with Crippen LogP contribution in [0.1, 0.15) is 18.6 Å². The number of nitro groups is 1. The summed E-state index contributed by atoms with van der Waals surface area (Å²) in [6, 6.07) is 3.03. The molecule has 0 heterocycles. The highest BCUT2D eigenvalue weighted by Gasteiger charge is 2.29. The molecule has 0 spiro atoms. The Morgan fingerprint density at radius 2 is 2.11 bits per heavy atom. The van der Waals surface area contributed by atoms with E-state index in [1.807, 2.05) is 0 Å². The highest BCUT2D eigenvalue weighted by atomic mass is 19.4. The van der Waals surface area contributed by atoms with Gasteiger partial charge in [0.05, 0.1) is 11.0 Å². The van der Waals surface area contributed by atoms with Gasteiger partial charge in [-0.25, -0.2) is 0 Å². The lowest BCUT2D eigenvalue weighted by Crippen LogP contribution is -2.20. The molecule has 0 fully saturated rings. The Kier molecular flexibility index (Phi) is 4.12. The molecule has 0 saturated heterocycles. The zero-order valence-corrected chi connectivity index (χ0v) is 9.27. The first-order valence-electron chi connectivity index (χ1n) is 4.86. The van der Waals surface area contributed by atoms with Gasteiger partial charge in [-0.15, -0.1) is 0 Å². The number of rotatable bonds is 4. The van der Waals surface area contributed by atoms with Crippen molar-refractivity contribution in [2.45, 2.75) is 19.2 Å². The number of ether oxygens (including phenoxy) is 1. The lowest BCUT2D eigenvalue weighted by molar-refractivity contribution is -0.385. The van der Waals surface area contributed by atoms with Gasteiger partial charge in [-0.1, -0.05) is 0 Å². The van der Waals surface area contributed by atoms with Crippen molar-refractivity contribution in [1.29, 1.82) is 0 Å². The van der Waals surface area contributed by atoms with E-state index in [9.17, 15) is 28.4 Å². The van der Waals surface area contributed by atoms with Crippen LogP contribution in [0.4, 0.5) is 18.9 Å². The molecule has 0 saturated carbocycles. The molecule has 0 amide bonds. The van der Waals surface area contributed by atoms with Crippen molar-refractivity contribution < 1.29 is 27.9 Å². The monoisotopic (exact) mass is 265 g/mol. The van der Waals surface area contributed by atoms with Crippen molar-refractivity contribution in [3.63, 3.8) is 0 Å². The fourth-order valence-electron chi connectivity index (χ4n) is 1.27. The fraction of sp³-hybridized carbons (Fsp3) is 0.400. The molecule has 1 rings (SSSR count). The zero-order chi connectivity index (χ0) is 13.9. The van der Waals surface area contributed by atoms with Crippen LogP contribution in [-0.2, 0) is 0 Å². The Bertz CT molecular complexity index is 445. The Labute approximate surface area is 99.9 Å². The van der Waals surface area contributed by atoms with Crippen LogP contribution < -0.4 is 4.74 Å². The van der Waals surface area contributed by atoms with Crippen molar-refractivity contribution in [3.8, 4) is 5.75 Å². The van der Waals surface area contributed by atoms with Gasteiger partial charge < -0.3 is 9.84 Å². The van der Waals surface area contributed by atoms with Gasteiger partial charge in [-0.3, -0.25) is 10.1 Å². The predicted octanol–water partition coefficient (Wildman–Crippen LogP) is 2.59. The molecule has 0 unspecified atom stereocenters. The van der Waals surface area contributed by atoms with Crippen LogP contribution in [-0.4, -0.2) is 22.8 Å². The largest absolute Gasteiger partial charge is 0.484 e. The van der Waals surface area contributed by atoms with Gasteiger partial charge in [-0.05, 0) is 13.0 Å². The summed E-state index contributed by atoms with van der Waals surface area (Å²) in [5.41, 5.74) is -0.390. The van der Waals surface area contributed by atoms with Gasteiger partial charge >= 0.3 is 6.18 Å². The summed E-state index contributed by atoms with van der Waals surface area (Å²) in [6.45, 7) is -0.246. The second kappa shape index (κ2) is 5.21. The Morgan fingerprint density at radius 3 is 2.56 bits per heavy atom. The topological polar surface area (TPSA) is 72.6 Å². The van der Waals surface area contributed by atoms with Crippen molar-refractivity contribution in [2.75, 3.05) is 6.61 Å². The number of hydrogen-bond acceptors (Lipinski definition) is 4. The average molecular weight is 265 g/mol. The van der Waals surface area contributed by atoms with Crippen LogP contribution in [0.2, 0.25) is 0 Å². The molecular formula is C10H10F3NO4. The smallest absolute Gasteiger partial charge is 0.422 e. The highest BCUT2D eigenvalue weighted by Crippen LogP contribution is 2.30. The summed E-state index contributed by atoms with van der Waals surface area (Å²) < 4.78 is 40.4. The third-order valence-corrected chi connectivity index (χ3v) is 2.05. The van der Waals surface area contributed by atoms with Crippen molar-refractivity contribution in [2.24, 2.45) is 0 Å². The van der Waals surface area contributed by atoms with Crippen LogP contribution in [0.3, 0.4) is 0 Å². The molecule has 1 N–H and O–H groups in total. The molecule has 0 bridgehead atoms. The van der Waals surface area contributed by atoms with Gasteiger partial charge in [0.25, 0.3) is 5.69 Å². The number of aliphatic hydroxyl groups is 1. The van der Waals surface area contributed by atoms with E-state index < -0.39 is 23.8 Å². The summed E-state index contributed by atoms with van der Waals surface area (Å²) >= 11 is 0. The third-order valence-electron chi connectivity index (χ3n) is 2.05. The average Bonchev–Trinajstić information content (AvgIpc) is 2.24. The molecule has 0 radical (unpaired) electrons. The fourth-order valence-corrected chi connectivity index (χ4v) is 1.27. The summed E-state index contributed by atoms with van der Waals surface area (Å²) in [5, 5.41) is 19.9. The summed E-state index contributed by atoms with van der Waals surface area (Å²) in [6.07, 6.45) is -5.69. The van der Waals surface area contributed by atoms with E-state index in [2.05, 4.69) is 4.74 Å². The zero-order valence-electron chi connectivity index (χ0n) is 9.27. The van der Waals surface area contributed by atoms with E-state index >= 15 is 0 Å². The Morgan fingerprint density at radius 1 is 1.50 bits per heavy atom. The maximum atomic E-state index is 12.0. The van der Waals surface area contributed by atoms with E-state index in [1.165, 1.54) is 6.92 Å². The first-order chi connectivity index (χ1) is 8.20. The summed E-state index contributed by atoms with van der Waals surface area (Å²) in [4.78, 5) is 9.80. The first-order valence-corrected chi connectivity index (χ1v) is 4.86. The third kappa shape index (κ3) is 3.88. The van der Waals surface area contributed by atoms with Crippen LogP contribution in [0.15, 0.2) is 18.2 Å². The predicted molar refractivity (Wildman–Crippen MR) is 55.3 cm³/mol. The number of halogens is 3. The number of benzene rings is 1. The molecule has 5 nitrogen and oxygen atoms in total. The number of aliphatic hydroxyl groups excluding tert-OH is 1. The Balaban J connectivity index is 3.01. The van der Waals surface area contributed by atoms with Gasteiger partial charge in [0.15, 0.2) is 6.61 Å². The highest BCUT2D eigenvalue weighted by molar-refractivity contribution is 5.44. The number of non-ortho nitro benzene ring substituents is 1. The molecule has 18 heavy (non-hydrogen) atoms. The van der Waals surface area contributed by atoms with E-state index in [4.69, 9.17) is 0 Å². The quantitative estimate of drug-likeness (QED) is 0.670. The standard InChI is InChI=1S/C10H10F3NO4/c1-6(15)8-4-7(14(16)17)2-3-9(8)18-5-10(11,12)13/h2-4,6,15H,5H2,1H3/t6-/m0/s1. The van der Waals surface area contributed by atoms with Gasteiger partial charge in [-0.2, -0.15) is 13.2 Å². The van der Waals surface area contributed by atoms with E-state index in [-0.39, 0.29) is 17.0 Å². The molecular weight excluding hydrogens is 255 g/mol. The van der Waals surface area contributed by atoms with Crippen LogP contribution >= 0.6 is 0 Å². The molecule has 0 aromatic heterocycles. The number of nitro benzene ring substituents is 1. The van der Waals surface area contributed by atoms with Crippen LogP contribution in [0.5, 0.6) is 5.75 Å². The number of alkyl halides is 3. The maximum Gasteiger partial charge on any atom is 0.422 e. The van der Waals surface area contributed by atoms with Crippen molar-refractivity contribution >= 4 is 5.69 Å². The summed E-state index contributed by atoms with van der Waals surface area (Å²) in [5.74, 6) is -0.229. The molecule has 0 aliphatic carbocycles. The molecule has 0 aliphatic heterocycles. The molecule has 1 aromatic rings. The van der Waals surface area contributed by atoms with Gasteiger partial charge in [0, 0.05) is 17.7 Å². The summed E-state index contributed by atoms with van der Waals surface area (Å²) in [7, 11) is 0. The lowest BCUT2D eigenvalue weighted by Gasteiger charge is -2.14. The second-order valence-corrected chi connectivity index (χ2v) is 3.56. The van der Waals surface area contributed by atoms with E-state index in [0.717, 1.165) is 18.2 Å². The number of nitrogens with zero attached hydrogens (tertiary/aromatic N) is 1. The molecule has 8 heteroatoms. The SMILES string of the molecule is C[C@H](O)c1cc([N+](=O)[O-])ccc1OCC(F)(F)F. The molecule has 1 atom stereocenters.